The fourth-order valence-corrected chi connectivity index (χ4v) is 3.32. The first-order valence-electron chi connectivity index (χ1n) is 9.72. The molecule has 8 heteroatoms. The molecule has 1 saturated heterocycles. The molecular formula is C20H35N3O5. The van der Waals surface area contributed by atoms with Gasteiger partial charge < -0.3 is 10.4 Å². The van der Waals surface area contributed by atoms with E-state index in [2.05, 4.69) is 5.32 Å². The molecule has 1 aliphatic rings. The minimum atomic E-state index is -1.27. The largest absolute Gasteiger partial charge is 0.390 e. The van der Waals surface area contributed by atoms with Crippen molar-refractivity contribution in [2.45, 2.75) is 72.7 Å². The second-order valence-electron chi connectivity index (χ2n) is 8.91. The monoisotopic (exact) mass is 397 g/mol. The van der Waals surface area contributed by atoms with Crippen molar-refractivity contribution in [2.24, 2.45) is 17.3 Å². The van der Waals surface area contributed by atoms with Crippen molar-refractivity contribution < 1.29 is 24.3 Å². The lowest BCUT2D eigenvalue weighted by Crippen LogP contribution is -2.54. The van der Waals surface area contributed by atoms with Crippen LogP contribution in [0.25, 0.3) is 0 Å². The van der Waals surface area contributed by atoms with Gasteiger partial charge in [0.2, 0.25) is 17.7 Å². The molecule has 0 aromatic heterocycles. The van der Waals surface area contributed by atoms with Gasteiger partial charge in [-0.15, -0.1) is 0 Å². The zero-order valence-electron chi connectivity index (χ0n) is 18.4. The van der Waals surface area contributed by atoms with E-state index in [1.165, 1.54) is 20.8 Å². The summed E-state index contributed by atoms with van der Waals surface area (Å²) in [5.74, 6) is -2.90. The summed E-state index contributed by atoms with van der Waals surface area (Å²) in [5, 5.41) is 13.3. The maximum absolute atomic E-state index is 13.0. The average Bonchev–Trinajstić information content (AvgIpc) is 2.78. The van der Waals surface area contributed by atoms with Gasteiger partial charge in [-0.2, -0.15) is 0 Å². The van der Waals surface area contributed by atoms with Gasteiger partial charge in [0.1, 0.15) is 11.5 Å². The van der Waals surface area contributed by atoms with E-state index < -0.39 is 47.4 Å². The molecule has 5 atom stereocenters. The maximum Gasteiger partial charge on any atom is 0.243 e. The van der Waals surface area contributed by atoms with E-state index in [1.54, 1.807) is 46.7 Å². The lowest BCUT2D eigenvalue weighted by atomic mass is 9.85. The molecule has 160 valence electrons. The van der Waals surface area contributed by atoms with Gasteiger partial charge in [0.05, 0.1) is 24.1 Å². The summed E-state index contributed by atoms with van der Waals surface area (Å²) in [6, 6.07) is -1.94. The van der Waals surface area contributed by atoms with Gasteiger partial charge in [0.15, 0.2) is 5.78 Å². The number of hydrogen-bond acceptors (Lipinski definition) is 6. The highest BCUT2D eigenvalue weighted by molar-refractivity contribution is 6.19. The minimum Gasteiger partial charge on any atom is -0.390 e. The molecule has 0 aromatic rings. The molecule has 0 saturated carbocycles. The molecular weight excluding hydrogens is 362 g/mol. The topological polar surface area (TPSA) is 107 Å². The van der Waals surface area contributed by atoms with Crippen LogP contribution in [0.5, 0.6) is 0 Å². The van der Waals surface area contributed by atoms with Gasteiger partial charge in [0.25, 0.3) is 0 Å². The first-order valence-corrected chi connectivity index (χ1v) is 9.72. The number of carbonyl (C=O) groups is 4. The quantitative estimate of drug-likeness (QED) is 0.603. The highest BCUT2D eigenvalue weighted by Crippen LogP contribution is 2.36. The van der Waals surface area contributed by atoms with Gasteiger partial charge >= 0.3 is 0 Å². The molecule has 2 N–H and O–H groups in total. The van der Waals surface area contributed by atoms with Crippen molar-refractivity contribution >= 4 is 23.5 Å². The summed E-state index contributed by atoms with van der Waals surface area (Å²) < 4.78 is 0. The van der Waals surface area contributed by atoms with Crippen LogP contribution in [-0.2, 0) is 19.2 Å². The molecule has 0 aromatic carbocycles. The zero-order valence-corrected chi connectivity index (χ0v) is 18.4. The number of aliphatic hydroxyl groups is 1. The molecule has 1 fully saturated rings. The summed E-state index contributed by atoms with van der Waals surface area (Å²) >= 11 is 0. The summed E-state index contributed by atoms with van der Waals surface area (Å²) in [6.07, 6.45) is -1.20. The summed E-state index contributed by atoms with van der Waals surface area (Å²) in [4.78, 5) is 53.4. The SMILES string of the molecule is CC(C)[C@H]1C(=O)C(C)(C)C(=O)N1C(=O)[C@H](C)[C@H](O)[C@H](C)NC(=O)[C@H](C)N(C)C. The predicted octanol–water partition coefficient (Wildman–Crippen LogP) is 0.427. The van der Waals surface area contributed by atoms with Crippen molar-refractivity contribution in [3.8, 4) is 0 Å². The number of likely N-dealkylation sites (tertiary alicyclic amines) is 1. The Balaban J connectivity index is 2.99. The Bertz CT molecular complexity index is 644. The van der Waals surface area contributed by atoms with Crippen LogP contribution < -0.4 is 5.32 Å². The third-order valence-electron chi connectivity index (χ3n) is 5.72. The van der Waals surface area contributed by atoms with Crippen LogP contribution in [0.4, 0.5) is 0 Å². The maximum atomic E-state index is 13.0. The normalized spacial score (nSPS) is 23.7. The number of likely N-dealkylation sites (N-methyl/N-ethyl adjacent to an activating group) is 1. The number of rotatable bonds is 7. The molecule has 0 radical (unpaired) electrons. The third kappa shape index (κ3) is 4.43. The van der Waals surface area contributed by atoms with Crippen molar-refractivity contribution in [3.05, 3.63) is 0 Å². The Morgan fingerprint density at radius 1 is 1.11 bits per heavy atom. The number of Topliss-reactive ketones (excluding diaryl/α,β-unsaturated/α-hetero) is 1. The molecule has 0 bridgehead atoms. The molecule has 28 heavy (non-hydrogen) atoms. The number of nitrogens with zero attached hydrogens (tertiary/aromatic N) is 2. The fourth-order valence-electron chi connectivity index (χ4n) is 3.32. The third-order valence-corrected chi connectivity index (χ3v) is 5.72. The summed E-state index contributed by atoms with van der Waals surface area (Å²) in [7, 11) is 3.53. The van der Waals surface area contributed by atoms with Crippen LogP contribution in [0.1, 0.15) is 48.5 Å². The number of nitrogens with one attached hydrogen (secondary N) is 1. The Labute approximate surface area is 167 Å². The standard InChI is InChI=1S/C20H35N3O5/c1-10(2)14-16(25)20(6,7)19(28)23(14)18(27)11(3)15(24)12(4)21-17(26)13(5)22(8)9/h10-15,24H,1-9H3,(H,21,26)/t11-,12+,13+,14+,15+/m1/s1. The van der Waals surface area contributed by atoms with Crippen LogP contribution in [0.15, 0.2) is 0 Å². The number of carbonyl (C=O) groups excluding carboxylic acids is 4. The van der Waals surface area contributed by atoms with Crippen molar-refractivity contribution in [2.75, 3.05) is 14.1 Å². The molecule has 0 unspecified atom stereocenters. The van der Waals surface area contributed by atoms with Crippen LogP contribution in [0.3, 0.4) is 0 Å². The molecule has 8 nitrogen and oxygen atoms in total. The highest BCUT2D eigenvalue weighted by Gasteiger charge is 2.57. The van der Waals surface area contributed by atoms with Gasteiger partial charge in [-0.05, 0) is 47.7 Å². The summed E-state index contributed by atoms with van der Waals surface area (Å²) in [6.45, 7) is 11.4. The fraction of sp³-hybridized carbons (Fsp3) is 0.800. The van der Waals surface area contributed by atoms with E-state index in [-0.39, 0.29) is 17.6 Å². The second kappa shape index (κ2) is 8.69. The number of ketones is 1. The van der Waals surface area contributed by atoms with Crippen molar-refractivity contribution in [3.63, 3.8) is 0 Å². The Morgan fingerprint density at radius 2 is 1.61 bits per heavy atom. The first-order chi connectivity index (χ1) is 12.7. The smallest absolute Gasteiger partial charge is 0.243 e. The van der Waals surface area contributed by atoms with Crippen molar-refractivity contribution in [1.29, 1.82) is 0 Å². The predicted molar refractivity (Wildman–Crippen MR) is 105 cm³/mol. The van der Waals surface area contributed by atoms with Crippen molar-refractivity contribution in [1.82, 2.24) is 15.1 Å². The Kier molecular flexibility index (Phi) is 7.53. The summed E-state index contributed by atoms with van der Waals surface area (Å²) in [5.41, 5.74) is -1.27. The first kappa shape index (κ1) is 24.2. The number of imide groups is 1. The lowest BCUT2D eigenvalue weighted by Gasteiger charge is -2.31. The molecule has 1 heterocycles. The average molecular weight is 398 g/mol. The molecule has 1 aliphatic heterocycles. The van der Waals surface area contributed by atoms with Crippen LogP contribution >= 0.6 is 0 Å². The zero-order chi connectivity index (χ0) is 22.1. The Hall–Kier alpha value is -1.80. The van der Waals surface area contributed by atoms with E-state index in [4.69, 9.17) is 0 Å². The molecule has 1 rings (SSSR count). The van der Waals surface area contributed by atoms with Crippen LogP contribution in [0, 0.1) is 17.3 Å². The number of amides is 3. The lowest BCUT2D eigenvalue weighted by molar-refractivity contribution is -0.152. The number of hydrogen-bond donors (Lipinski definition) is 2. The second-order valence-corrected chi connectivity index (χ2v) is 8.91. The molecule has 0 aliphatic carbocycles. The van der Waals surface area contributed by atoms with Gasteiger partial charge in [-0.1, -0.05) is 20.8 Å². The Morgan fingerprint density at radius 3 is 2.04 bits per heavy atom. The van der Waals surface area contributed by atoms with Gasteiger partial charge in [-0.3, -0.25) is 29.0 Å². The molecule has 3 amide bonds. The number of aliphatic hydroxyl groups excluding tert-OH is 1. The van der Waals surface area contributed by atoms with Gasteiger partial charge in [-0.25, -0.2) is 0 Å². The van der Waals surface area contributed by atoms with E-state index in [0.717, 1.165) is 4.90 Å². The van der Waals surface area contributed by atoms with Crippen LogP contribution in [0.2, 0.25) is 0 Å². The van der Waals surface area contributed by atoms with E-state index in [1.807, 2.05) is 0 Å². The van der Waals surface area contributed by atoms with E-state index in [0.29, 0.717) is 0 Å². The van der Waals surface area contributed by atoms with E-state index >= 15 is 0 Å². The molecule has 0 spiro atoms. The van der Waals surface area contributed by atoms with Gasteiger partial charge in [0, 0.05) is 0 Å². The van der Waals surface area contributed by atoms with E-state index in [9.17, 15) is 24.3 Å². The highest BCUT2D eigenvalue weighted by atomic mass is 16.3. The van der Waals surface area contributed by atoms with Crippen LogP contribution in [-0.4, -0.2) is 76.7 Å². The minimum absolute atomic E-state index is 0.232.